The minimum Gasteiger partial charge on any atom is -0.484 e. The van der Waals surface area contributed by atoms with E-state index in [0.717, 1.165) is 5.03 Å². The van der Waals surface area contributed by atoms with Crippen LogP contribution >= 0.6 is 11.8 Å². The van der Waals surface area contributed by atoms with Crippen LogP contribution in [0.3, 0.4) is 0 Å². The molecule has 6 nitrogen and oxygen atoms in total. The molecular weight excluding hydrogens is 374 g/mol. The van der Waals surface area contributed by atoms with Gasteiger partial charge in [-0.05, 0) is 44.0 Å². The lowest BCUT2D eigenvalue weighted by atomic mass is 10.2. The molecular formula is C21H25N3O3S. The first kappa shape index (κ1) is 20.2. The Morgan fingerprint density at radius 3 is 2.82 bits per heavy atom. The van der Waals surface area contributed by atoms with Crippen molar-refractivity contribution in [2.45, 2.75) is 42.9 Å². The molecule has 1 aromatic carbocycles. The minimum atomic E-state index is -0.200. The summed E-state index contributed by atoms with van der Waals surface area (Å²) >= 11 is 1.69. The number of likely N-dealkylation sites (N-methyl/N-ethyl adjacent to an activating group) is 1. The largest absolute Gasteiger partial charge is 0.484 e. The average Bonchev–Trinajstić information content (AvgIpc) is 3.20. The number of amides is 2. The molecule has 0 radical (unpaired) electrons. The number of carbonyl (C=O) groups excluding carboxylic acids is 2. The Bertz CT molecular complexity index is 822. The zero-order chi connectivity index (χ0) is 19.8. The third-order valence-corrected chi connectivity index (χ3v) is 5.79. The first-order chi connectivity index (χ1) is 13.7. The lowest BCUT2D eigenvalue weighted by molar-refractivity contribution is -0.122. The number of pyridine rings is 1. The molecule has 0 bridgehead atoms. The van der Waals surface area contributed by atoms with E-state index in [1.165, 1.54) is 25.7 Å². The van der Waals surface area contributed by atoms with Crippen LogP contribution in [0.4, 0.5) is 5.69 Å². The van der Waals surface area contributed by atoms with Crippen LogP contribution in [0.5, 0.6) is 5.75 Å². The maximum atomic E-state index is 12.8. The summed E-state index contributed by atoms with van der Waals surface area (Å²) in [5.41, 5.74) is 1.19. The molecule has 1 aliphatic rings. The quantitative estimate of drug-likeness (QED) is 0.704. The van der Waals surface area contributed by atoms with Crippen molar-refractivity contribution in [3.63, 3.8) is 0 Å². The fraction of sp³-hybridized carbons (Fsp3) is 0.381. The van der Waals surface area contributed by atoms with Crippen molar-refractivity contribution >= 4 is 29.3 Å². The normalized spacial score (nSPS) is 13.9. The molecule has 0 aliphatic heterocycles. The average molecular weight is 400 g/mol. The molecule has 1 fully saturated rings. The Hall–Kier alpha value is -2.54. The van der Waals surface area contributed by atoms with Gasteiger partial charge in [-0.15, -0.1) is 11.8 Å². The molecule has 2 N–H and O–H groups in total. The van der Waals surface area contributed by atoms with Crippen molar-refractivity contribution in [3.8, 4) is 5.75 Å². The Morgan fingerprint density at radius 1 is 1.21 bits per heavy atom. The van der Waals surface area contributed by atoms with E-state index in [-0.39, 0.29) is 18.4 Å². The molecule has 2 aromatic rings. The summed E-state index contributed by atoms with van der Waals surface area (Å²) < 4.78 is 5.48. The molecule has 0 spiro atoms. The number of aromatic nitrogens is 1. The van der Waals surface area contributed by atoms with Crippen molar-refractivity contribution in [1.29, 1.82) is 0 Å². The van der Waals surface area contributed by atoms with Gasteiger partial charge in [0.15, 0.2) is 6.61 Å². The highest BCUT2D eigenvalue weighted by Gasteiger charge is 2.20. The summed E-state index contributed by atoms with van der Waals surface area (Å²) in [6.45, 7) is 2.35. The zero-order valence-electron chi connectivity index (χ0n) is 15.9. The molecule has 0 saturated heterocycles. The van der Waals surface area contributed by atoms with Crippen LogP contribution in [0.2, 0.25) is 0 Å². The van der Waals surface area contributed by atoms with Gasteiger partial charge in [0.1, 0.15) is 10.8 Å². The monoisotopic (exact) mass is 399 g/mol. The van der Waals surface area contributed by atoms with E-state index in [9.17, 15) is 9.59 Å². The number of hydrogen-bond donors (Lipinski definition) is 2. The molecule has 1 saturated carbocycles. The second-order valence-electron chi connectivity index (χ2n) is 6.60. The van der Waals surface area contributed by atoms with Gasteiger partial charge in [-0.3, -0.25) is 9.59 Å². The maximum Gasteiger partial charge on any atom is 0.258 e. The van der Waals surface area contributed by atoms with Crippen molar-refractivity contribution in [2.75, 3.05) is 18.5 Å². The van der Waals surface area contributed by atoms with Crippen molar-refractivity contribution in [2.24, 2.45) is 0 Å². The number of anilines is 1. The number of nitrogens with one attached hydrogen (secondary N) is 2. The number of benzene rings is 1. The summed E-state index contributed by atoms with van der Waals surface area (Å²) in [5.74, 6) is 0.145. The van der Waals surface area contributed by atoms with Crippen molar-refractivity contribution in [1.82, 2.24) is 10.3 Å². The number of thioether (sulfide) groups is 1. The van der Waals surface area contributed by atoms with Crippen LogP contribution in [0.15, 0.2) is 47.6 Å². The molecule has 148 valence electrons. The fourth-order valence-electron chi connectivity index (χ4n) is 3.08. The second kappa shape index (κ2) is 10.1. The number of rotatable bonds is 8. The van der Waals surface area contributed by atoms with Crippen LogP contribution in [0, 0.1) is 0 Å². The fourth-order valence-corrected chi connectivity index (χ4v) is 4.37. The van der Waals surface area contributed by atoms with Crippen LogP contribution in [-0.4, -0.2) is 35.2 Å². The van der Waals surface area contributed by atoms with Crippen molar-refractivity contribution < 1.29 is 14.3 Å². The SMILES string of the molecule is CCNC(=O)COc1cccc(NC(=O)c2cccnc2SC2CCCC2)c1. The van der Waals surface area contributed by atoms with E-state index in [4.69, 9.17) is 4.74 Å². The molecule has 0 atom stereocenters. The third-order valence-electron chi connectivity index (χ3n) is 4.43. The van der Waals surface area contributed by atoms with Crippen molar-refractivity contribution in [3.05, 3.63) is 48.2 Å². The number of carbonyl (C=O) groups is 2. The first-order valence-corrected chi connectivity index (χ1v) is 10.5. The zero-order valence-corrected chi connectivity index (χ0v) is 16.8. The van der Waals surface area contributed by atoms with Gasteiger partial charge >= 0.3 is 0 Å². The van der Waals surface area contributed by atoms with E-state index in [1.807, 2.05) is 6.92 Å². The highest BCUT2D eigenvalue weighted by molar-refractivity contribution is 7.99. The van der Waals surface area contributed by atoms with E-state index in [0.29, 0.717) is 28.8 Å². The summed E-state index contributed by atoms with van der Waals surface area (Å²) in [6, 6.07) is 10.6. The lowest BCUT2D eigenvalue weighted by Gasteiger charge is -2.13. The smallest absolute Gasteiger partial charge is 0.258 e. The molecule has 2 amide bonds. The number of hydrogen-bond acceptors (Lipinski definition) is 5. The summed E-state index contributed by atoms with van der Waals surface area (Å²) in [6.07, 6.45) is 6.56. The highest BCUT2D eigenvalue weighted by atomic mass is 32.2. The number of ether oxygens (including phenoxy) is 1. The summed E-state index contributed by atoms with van der Waals surface area (Å²) in [5, 5.41) is 6.89. The number of nitrogens with zero attached hydrogens (tertiary/aromatic N) is 1. The Balaban J connectivity index is 1.64. The van der Waals surface area contributed by atoms with Gasteiger partial charge in [-0.1, -0.05) is 18.9 Å². The van der Waals surface area contributed by atoms with E-state index in [2.05, 4.69) is 15.6 Å². The molecule has 3 rings (SSSR count). The molecule has 7 heteroatoms. The summed E-state index contributed by atoms with van der Waals surface area (Å²) in [7, 11) is 0. The van der Waals surface area contributed by atoms with Gasteiger partial charge in [-0.2, -0.15) is 0 Å². The van der Waals surface area contributed by atoms with E-state index < -0.39 is 0 Å². The minimum absolute atomic E-state index is 0.0595. The third kappa shape index (κ3) is 5.73. The predicted molar refractivity (Wildman–Crippen MR) is 111 cm³/mol. The predicted octanol–water partition coefficient (Wildman–Crippen LogP) is 3.88. The molecule has 1 heterocycles. The van der Waals surface area contributed by atoms with Gasteiger partial charge < -0.3 is 15.4 Å². The van der Waals surface area contributed by atoms with Gasteiger partial charge in [0, 0.05) is 29.7 Å². The molecule has 1 aliphatic carbocycles. The van der Waals surface area contributed by atoms with Crippen LogP contribution in [0.25, 0.3) is 0 Å². The van der Waals surface area contributed by atoms with Gasteiger partial charge in [0.05, 0.1) is 5.56 Å². The second-order valence-corrected chi connectivity index (χ2v) is 7.89. The van der Waals surface area contributed by atoms with Gasteiger partial charge in [0.25, 0.3) is 11.8 Å². The van der Waals surface area contributed by atoms with Gasteiger partial charge in [0.2, 0.25) is 0 Å². The van der Waals surface area contributed by atoms with Crippen LogP contribution in [-0.2, 0) is 4.79 Å². The Kier molecular flexibility index (Phi) is 7.31. The Morgan fingerprint density at radius 2 is 2.04 bits per heavy atom. The van der Waals surface area contributed by atoms with Crippen LogP contribution < -0.4 is 15.4 Å². The first-order valence-electron chi connectivity index (χ1n) is 9.58. The topological polar surface area (TPSA) is 80.3 Å². The Labute approximate surface area is 169 Å². The molecule has 28 heavy (non-hydrogen) atoms. The lowest BCUT2D eigenvalue weighted by Crippen LogP contribution is -2.28. The molecule has 0 unspecified atom stereocenters. The van der Waals surface area contributed by atoms with E-state index >= 15 is 0 Å². The van der Waals surface area contributed by atoms with Gasteiger partial charge in [-0.25, -0.2) is 4.98 Å². The van der Waals surface area contributed by atoms with Crippen LogP contribution in [0.1, 0.15) is 43.0 Å². The highest BCUT2D eigenvalue weighted by Crippen LogP contribution is 2.35. The summed E-state index contributed by atoms with van der Waals surface area (Å²) in [4.78, 5) is 28.8. The molecule has 1 aromatic heterocycles. The van der Waals surface area contributed by atoms with E-state index in [1.54, 1.807) is 54.4 Å². The standard InChI is InChI=1S/C21H25N3O3S/c1-2-22-19(25)14-27-16-8-5-7-15(13-16)24-20(26)18-11-6-12-23-21(18)28-17-9-3-4-10-17/h5-8,11-13,17H,2-4,9-10,14H2,1H3,(H,22,25)(H,24,26). The maximum absolute atomic E-state index is 12.8.